The smallest absolute Gasteiger partial charge is 0.243 e. The molecule has 2 aromatic carbocycles. The number of halogens is 1. The number of nitrogens with zero attached hydrogens (tertiary/aromatic N) is 1. The second kappa shape index (κ2) is 9.78. The van der Waals surface area contributed by atoms with Crippen LogP contribution in [0.5, 0.6) is 5.75 Å². The van der Waals surface area contributed by atoms with Gasteiger partial charge < -0.3 is 10.1 Å². The summed E-state index contributed by atoms with van der Waals surface area (Å²) in [6.45, 7) is 6.67. The Morgan fingerprint density at radius 2 is 1.90 bits per heavy atom. The van der Waals surface area contributed by atoms with Crippen molar-refractivity contribution in [2.45, 2.75) is 44.6 Å². The summed E-state index contributed by atoms with van der Waals surface area (Å²) < 4.78 is 45.9. The van der Waals surface area contributed by atoms with Gasteiger partial charge in [-0.15, -0.1) is 0 Å². The molecule has 1 aliphatic rings. The number of carbonyl (C=O) groups is 1. The lowest BCUT2D eigenvalue weighted by atomic mass is 9.98. The summed E-state index contributed by atoms with van der Waals surface area (Å²) in [5.74, 6) is -0.367. The molecule has 0 bridgehead atoms. The zero-order valence-corrected chi connectivity index (χ0v) is 18.9. The highest BCUT2D eigenvalue weighted by Gasteiger charge is 2.33. The fraction of sp³-hybridized carbons (Fsp3) is 0.435. The van der Waals surface area contributed by atoms with Crippen LogP contribution in [0.1, 0.15) is 30.9 Å². The number of ether oxygens (including phenoxy) is 1. The van der Waals surface area contributed by atoms with Gasteiger partial charge in [0.15, 0.2) is 0 Å². The van der Waals surface area contributed by atoms with E-state index in [1.165, 1.54) is 22.0 Å². The zero-order chi connectivity index (χ0) is 22.6. The van der Waals surface area contributed by atoms with E-state index in [4.69, 9.17) is 4.74 Å². The molecule has 1 aliphatic heterocycles. The molecule has 0 saturated carbocycles. The molecule has 1 saturated heterocycles. The fourth-order valence-electron chi connectivity index (χ4n) is 3.56. The van der Waals surface area contributed by atoms with Crippen LogP contribution in [0.25, 0.3) is 0 Å². The van der Waals surface area contributed by atoms with Crippen LogP contribution in [0.2, 0.25) is 0 Å². The molecule has 8 heteroatoms. The molecule has 1 amide bonds. The minimum Gasteiger partial charge on any atom is -0.491 e. The molecule has 1 heterocycles. The van der Waals surface area contributed by atoms with Gasteiger partial charge in [-0.1, -0.05) is 6.07 Å². The van der Waals surface area contributed by atoms with Gasteiger partial charge >= 0.3 is 0 Å². The Morgan fingerprint density at radius 1 is 1.19 bits per heavy atom. The van der Waals surface area contributed by atoms with E-state index in [1.807, 2.05) is 39.0 Å². The summed E-state index contributed by atoms with van der Waals surface area (Å²) in [5.41, 5.74) is 2.32. The van der Waals surface area contributed by atoms with E-state index in [2.05, 4.69) is 5.32 Å². The van der Waals surface area contributed by atoms with E-state index >= 15 is 0 Å². The normalized spacial score (nSPS) is 18.4. The number of rotatable bonds is 7. The van der Waals surface area contributed by atoms with Crippen LogP contribution in [0.4, 0.5) is 4.39 Å². The SMILES string of the molecule is Cc1ccc(OC[C@H](C)NC(=O)[C@H]2CCCN(S(=O)(=O)c3ccc(F)cc3)C2)cc1C. The molecule has 0 unspecified atom stereocenters. The lowest BCUT2D eigenvalue weighted by Gasteiger charge is -2.31. The molecule has 31 heavy (non-hydrogen) atoms. The summed E-state index contributed by atoms with van der Waals surface area (Å²) in [5, 5.41) is 2.93. The third-order valence-corrected chi connectivity index (χ3v) is 7.45. The van der Waals surface area contributed by atoms with Gasteiger partial charge in [0.1, 0.15) is 18.2 Å². The predicted molar refractivity (Wildman–Crippen MR) is 117 cm³/mol. The summed E-state index contributed by atoms with van der Waals surface area (Å²) in [6.07, 6.45) is 1.21. The van der Waals surface area contributed by atoms with E-state index in [0.717, 1.165) is 23.4 Å². The molecular weight excluding hydrogens is 419 g/mol. The lowest BCUT2D eigenvalue weighted by Crippen LogP contribution is -2.48. The van der Waals surface area contributed by atoms with Crippen LogP contribution in [0.3, 0.4) is 0 Å². The molecule has 1 N–H and O–H groups in total. The first-order chi connectivity index (χ1) is 14.7. The molecule has 1 fully saturated rings. The van der Waals surface area contributed by atoms with Crippen molar-refractivity contribution in [3.05, 3.63) is 59.4 Å². The number of amides is 1. The van der Waals surface area contributed by atoms with E-state index < -0.39 is 21.8 Å². The van der Waals surface area contributed by atoms with Crippen molar-refractivity contribution in [2.24, 2.45) is 5.92 Å². The Balaban J connectivity index is 1.56. The van der Waals surface area contributed by atoms with Gasteiger partial charge in [0, 0.05) is 13.1 Å². The maximum Gasteiger partial charge on any atom is 0.243 e. The van der Waals surface area contributed by atoms with Gasteiger partial charge in [-0.3, -0.25) is 4.79 Å². The van der Waals surface area contributed by atoms with E-state index in [-0.39, 0.29) is 23.4 Å². The molecule has 0 spiro atoms. The maximum absolute atomic E-state index is 13.1. The maximum atomic E-state index is 13.1. The monoisotopic (exact) mass is 448 g/mol. The molecule has 3 rings (SSSR count). The second-order valence-corrected chi connectivity index (χ2v) is 10.1. The first-order valence-corrected chi connectivity index (χ1v) is 11.9. The van der Waals surface area contributed by atoms with Gasteiger partial charge in [-0.05, 0) is 81.1 Å². The largest absolute Gasteiger partial charge is 0.491 e. The number of nitrogens with one attached hydrogen (secondary N) is 1. The number of sulfonamides is 1. The van der Waals surface area contributed by atoms with Crippen LogP contribution in [-0.4, -0.2) is 44.4 Å². The Hall–Kier alpha value is -2.45. The fourth-order valence-corrected chi connectivity index (χ4v) is 5.08. The highest BCUT2D eigenvalue weighted by molar-refractivity contribution is 7.89. The van der Waals surface area contributed by atoms with Gasteiger partial charge in [0.2, 0.25) is 15.9 Å². The van der Waals surface area contributed by atoms with Crippen LogP contribution >= 0.6 is 0 Å². The number of hydrogen-bond donors (Lipinski definition) is 1. The third kappa shape index (κ3) is 5.83. The highest BCUT2D eigenvalue weighted by atomic mass is 32.2. The standard InChI is InChI=1S/C23H29FN2O4S/c1-16-6-9-21(13-17(16)2)30-15-18(3)25-23(27)19-5-4-12-26(14-19)31(28,29)22-10-7-20(24)8-11-22/h6-11,13,18-19H,4-5,12,14-15H2,1-3H3,(H,25,27)/t18-,19-/m0/s1. The first kappa shape index (κ1) is 23.2. The average Bonchev–Trinajstić information content (AvgIpc) is 2.75. The molecule has 0 radical (unpaired) electrons. The predicted octanol–water partition coefficient (Wildman–Crippen LogP) is 3.43. The molecule has 0 aliphatic carbocycles. The van der Waals surface area contributed by atoms with Gasteiger partial charge in [-0.25, -0.2) is 12.8 Å². The quantitative estimate of drug-likeness (QED) is 0.704. The molecular formula is C23H29FN2O4S. The molecule has 6 nitrogen and oxygen atoms in total. The van der Waals surface area contributed by atoms with E-state index in [1.54, 1.807) is 0 Å². The number of hydrogen-bond acceptors (Lipinski definition) is 4. The molecule has 168 valence electrons. The van der Waals surface area contributed by atoms with Crippen molar-refractivity contribution in [1.29, 1.82) is 0 Å². The highest BCUT2D eigenvalue weighted by Crippen LogP contribution is 2.24. The average molecular weight is 449 g/mol. The lowest BCUT2D eigenvalue weighted by molar-refractivity contribution is -0.126. The number of aryl methyl sites for hydroxylation is 2. The minimum atomic E-state index is -3.77. The molecule has 2 atom stereocenters. The van der Waals surface area contributed by atoms with Crippen LogP contribution in [0, 0.1) is 25.6 Å². The number of benzene rings is 2. The van der Waals surface area contributed by atoms with Crippen molar-refractivity contribution >= 4 is 15.9 Å². The summed E-state index contributed by atoms with van der Waals surface area (Å²) in [7, 11) is -3.77. The summed E-state index contributed by atoms with van der Waals surface area (Å²) in [6, 6.07) is 10.4. The van der Waals surface area contributed by atoms with E-state index in [0.29, 0.717) is 26.0 Å². The van der Waals surface area contributed by atoms with Gasteiger partial charge in [0.05, 0.1) is 16.9 Å². The Morgan fingerprint density at radius 3 is 2.58 bits per heavy atom. The first-order valence-electron chi connectivity index (χ1n) is 10.4. The Bertz CT molecular complexity index is 1020. The van der Waals surface area contributed by atoms with Crippen molar-refractivity contribution in [3.8, 4) is 5.75 Å². The molecule has 2 aromatic rings. The third-order valence-electron chi connectivity index (χ3n) is 5.57. The number of carbonyl (C=O) groups excluding carboxylic acids is 1. The summed E-state index contributed by atoms with van der Waals surface area (Å²) in [4.78, 5) is 12.8. The van der Waals surface area contributed by atoms with Crippen LogP contribution in [-0.2, 0) is 14.8 Å². The van der Waals surface area contributed by atoms with Crippen molar-refractivity contribution in [3.63, 3.8) is 0 Å². The minimum absolute atomic E-state index is 0.0325. The van der Waals surface area contributed by atoms with Crippen molar-refractivity contribution in [1.82, 2.24) is 9.62 Å². The Kier molecular flexibility index (Phi) is 7.33. The van der Waals surface area contributed by atoms with E-state index in [9.17, 15) is 17.6 Å². The van der Waals surface area contributed by atoms with Crippen LogP contribution in [0.15, 0.2) is 47.4 Å². The number of piperidine rings is 1. The summed E-state index contributed by atoms with van der Waals surface area (Å²) >= 11 is 0. The Labute approximate surface area is 183 Å². The van der Waals surface area contributed by atoms with Gasteiger partial charge in [-0.2, -0.15) is 4.31 Å². The molecule has 0 aromatic heterocycles. The zero-order valence-electron chi connectivity index (χ0n) is 18.1. The van der Waals surface area contributed by atoms with Crippen LogP contribution < -0.4 is 10.1 Å². The second-order valence-electron chi connectivity index (χ2n) is 8.12. The van der Waals surface area contributed by atoms with Crippen molar-refractivity contribution in [2.75, 3.05) is 19.7 Å². The van der Waals surface area contributed by atoms with Crippen molar-refractivity contribution < 1.29 is 22.3 Å². The van der Waals surface area contributed by atoms with Gasteiger partial charge in [0.25, 0.3) is 0 Å². The topological polar surface area (TPSA) is 75.7 Å².